The summed E-state index contributed by atoms with van der Waals surface area (Å²) in [6.07, 6.45) is 0.671. The molecule has 0 fully saturated rings. The Morgan fingerprint density at radius 1 is 1.21 bits per heavy atom. The first-order valence-corrected chi connectivity index (χ1v) is 8.70. The summed E-state index contributed by atoms with van der Waals surface area (Å²) in [6, 6.07) is 12.6. The highest BCUT2D eigenvalue weighted by Gasteiger charge is 2.14. The third-order valence-electron chi connectivity index (χ3n) is 3.79. The van der Waals surface area contributed by atoms with Crippen molar-refractivity contribution in [3.05, 3.63) is 60.5 Å². The number of anilines is 2. The fraction of sp³-hybridized carbons (Fsp3) is 0.150. The number of halogens is 1. The van der Waals surface area contributed by atoms with E-state index in [4.69, 9.17) is 14.6 Å². The van der Waals surface area contributed by atoms with Gasteiger partial charge in [0.1, 0.15) is 11.6 Å². The van der Waals surface area contributed by atoms with Crippen molar-refractivity contribution in [2.45, 2.75) is 0 Å². The average molecular weight is 398 g/mol. The van der Waals surface area contributed by atoms with Gasteiger partial charge in [-0.25, -0.2) is 19.2 Å². The monoisotopic (exact) mass is 398 g/mol. The number of ether oxygens (including phenoxy) is 2. The lowest BCUT2D eigenvalue weighted by atomic mass is 10.1. The van der Waals surface area contributed by atoms with Crippen LogP contribution in [-0.4, -0.2) is 41.4 Å². The van der Waals surface area contributed by atoms with Crippen LogP contribution < -0.4 is 20.1 Å². The number of benzene rings is 2. The lowest BCUT2D eigenvalue weighted by Gasteiger charge is -2.11. The van der Waals surface area contributed by atoms with Gasteiger partial charge in [0.25, 0.3) is 0 Å². The first-order chi connectivity index (χ1) is 14.1. The molecular formula is C20H19FN4O4. The minimum atomic E-state index is -0.737. The van der Waals surface area contributed by atoms with Gasteiger partial charge in [0.05, 0.1) is 25.5 Å². The Bertz CT molecular complexity index is 985. The molecule has 29 heavy (non-hydrogen) atoms. The van der Waals surface area contributed by atoms with Crippen LogP contribution >= 0.6 is 0 Å². The topological polar surface area (TPSA) is 106 Å². The minimum absolute atomic E-state index is 0.101. The summed E-state index contributed by atoms with van der Waals surface area (Å²) in [4.78, 5) is 20.3. The fourth-order valence-corrected chi connectivity index (χ4v) is 2.46. The van der Waals surface area contributed by atoms with E-state index in [-0.39, 0.29) is 30.2 Å². The normalized spacial score (nSPS) is 10.3. The van der Waals surface area contributed by atoms with Gasteiger partial charge in [-0.15, -0.1) is 0 Å². The van der Waals surface area contributed by atoms with E-state index in [0.29, 0.717) is 17.3 Å². The molecule has 8 nitrogen and oxygen atoms in total. The number of aromatic nitrogens is 2. The molecule has 3 N–H and O–H groups in total. The second-order valence-electron chi connectivity index (χ2n) is 5.78. The number of carbonyl (C=O) groups excluding carboxylic acids is 1. The fourth-order valence-electron chi connectivity index (χ4n) is 2.46. The Balaban J connectivity index is 1.76. The second-order valence-corrected chi connectivity index (χ2v) is 5.78. The van der Waals surface area contributed by atoms with Gasteiger partial charge in [0, 0.05) is 12.2 Å². The highest BCUT2D eigenvalue weighted by molar-refractivity contribution is 5.86. The zero-order chi connectivity index (χ0) is 20.6. The average Bonchev–Trinajstić information content (AvgIpc) is 2.73. The van der Waals surface area contributed by atoms with Crippen LogP contribution in [0.2, 0.25) is 0 Å². The van der Waals surface area contributed by atoms with Crippen molar-refractivity contribution in [1.82, 2.24) is 9.97 Å². The third-order valence-corrected chi connectivity index (χ3v) is 3.79. The molecule has 0 unspecified atom stereocenters. The number of para-hydroxylation sites is 1. The van der Waals surface area contributed by atoms with Crippen molar-refractivity contribution in [2.24, 2.45) is 0 Å². The van der Waals surface area contributed by atoms with Gasteiger partial charge < -0.3 is 19.9 Å². The quantitative estimate of drug-likeness (QED) is 0.561. The van der Waals surface area contributed by atoms with Crippen LogP contribution in [-0.2, 0) is 0 Å². The molecular weight excluding hydrogens is 379 g/mol. The van der Waals surface area contributed by atoms with E-state index in [1.54, 1.807) is 30.3 Å². The summed E-state index contributed by atoms with van der Waals surface area (Å²) in [6.45, 7) is 0.151. The third kappa shape index (κ3) is 5.17. The van der Waals surface area contributed by atoms with E-state index < -0.39 is 11.9 Å². The number of hydrogen-bond donors (Lipinski definition) is 3. The standard InChI is InChI=1S/C20H19FN4O4/c1-28-17-12-23-18(25-19(17)22-9-10-26)15-8-7-13(11-16(15)21)24-20(27)29-14-5-3-2-4-6-14/h2-8,11-12,26H,9-10H2,1H3,(H,24,27)(H,22,23,25). The van der Waals surface area contributed by atoms with Crippen LogP contribution in [0, 0.1) is 5.82 Å². The first kappa shape index (κ1) is 20.0. The molecule has 0 aliphatic rings. The molecule has 0 radical (unpaired) electrons. The van der Waals surface area contributed by atoms with Crippen LogP contribution in [0.15, 0.2) is 54.7 Å². The number of hydrogen-bond acceptors (Lipinski definition) is 7. The van der Waals surface area contributed by atoms with E-state index in [9.17, 15) is 9.18 Å². The number of carbonyl (C=O) groups is 1. The van der Waals surface area contributed by atoms with Gasteiger partial charge in [0.15, 0.2) is 17.4 Å². The minimum Gasteiger partial charge on any atom is -0.491 e. The zero-order valence-corrected chi connectivity index (χ0v) is 15.6. The van der Waals surface area contributed by atoms with Crippen LogP contribution in [0.25, 0.3) is 11.4 Å². The molecule has 1 heterocycles. The number of amides is 1. The maximum atomic E-state index is 14.6. The predicted molar refractivity (Wildman–Crippen MR) is 106 cm³/mol. The molecule has 3 aromatic rings. The van der Waals surface area contributed by atoms with Crippen molar-refractivity contribution in [3.8, 4) is 22.9 Å². The van der Waals surface area contributed by atoms with Crippen molar-refractivity contribution >= 4 is 17.6 Å². The lowest BCUT2D eigenvalue weighted by Crippen LogP contribution is -2.16. The number of rotatable bonds is 7. The summed E-state index contributed by atoms with van der Waals surface area (Å²) in [7, 11) is 1.46. The Morgan fingerprint density at radius 2 is 2.00 bits per heavy atom. The molecule has 0 bridgehead atoms. The molecule has 0 saturated heterocycles. The van der Waals surface area contributed by atoms with Gasteiger partial charge in [-0.3, -0.25) is 5.32 Å². The van der Waals surface area contributed by atoms with Gasteiger partial charge in [-0.2, -0.15) is 0 Å². The molecule has 3 rings (SSSR count). The molecule has 0 aliphatic carbocycles. The first-order valence-electron chi connectivity index (χ1n) is 8.70. The Labute approximate surface area is 166 Å². The molecule has 0 spiro atoms. The maximum absolute atomic E-state index is 14.6. The number of aliphatic hydroxyl groups excluding tert-OH is 1. The molecule has 150 valence electrons. The van der Waals surface area contributed by atoms with Crippen LogP contribution in [0.4, 0.5) is 20.7 Å². The Hall–Kier alpha value is -3.72. The lowest BCUT2D eigenvalue weighted by molar-refractivity contribution is 0.215. The smallest absolute Gasteiger partial charge is 0.417 e. The second kappa shape index (κ2) is 9.47. The van der Waals surface area contributed by atoms with Gasteiger partial charge >= 0.3 is 6.09 Å². The Kier molecular flexibility index (Phi) is 6.54. The Morgan fingerprint density at radius 3 is 2.69 bits per heavy atom. The number of methoxy groups -OCH3 is 1. The summed E-state index contributed by atoms with van der Waals surface area (Å²) >= 11 is 0. The summed E-state index contributed by atoms with van der Waals surface area (Å²) in [5, 5.41) is 14.3. The predicted octanol–water partition coefficient (Wildman–Crippen LogP) is 3.31. The summed E-state index contributed by atoms with van der Waals surface area (Å²) in [5.41, 5.74) is 0.362. The van der Waals surface area contributed by atoms with Crippen molar-refractivity contribution < 1.29 is 23.8 Å². The number of nitrogens with one attached hydrogen (secondary N) is 2. The van der Waals surface area contributed by atoms with E-state index in [2.05, 4.69) is 20.6 Å². The van der Waals surface area contributed by atoms with E-state index >= 15 is 0 Å². The molecule has 1 amide bonds. The molecule has 2 aromatic carbocycles. The van der Waals surface area contributed by atoms with E-state index in [1.807, 2.05) is 0 Å². The molecule has 0 aliphatic heterocycles. The van der Waals surface area contributed by atoms with Gasteiger partial charge in [-0.05, 0) is 30.3 Å². The number of nitrogens with zero attached hydrogens (tertiary/aromatic N) is 2. The van der Waals surface area contributed by atoms with Gasteiger partial charge in [0.2, 0.25) is 0 Å². The number of aliphatic hydroxyl groups is 1. The highest BCUT2D eigenvalue weighted by atomic mass is 19.1. The van der Waals surface area contributed by atoms with Crippen LogP contribution in [0.3, 0.4) is 0 Å². The maximum Gasteiger partial charge on any atom is 0.417 e. The van der Waals surface area contributed by atoms with Crippen LogP contribution in [0.1, 0.15) is 0 Å². The summed E-state index contributed by atoms with van der Waals surface area (Å²) < 4.78 is 24.9. The molecule has 1 aromatic heterocycles. The zero-order valence-electron chi connectivity index (χ0n) is 15.6. The molecule has 0 saturated carbocycles. The van der Waals surface area contributed by atoms with E-state index in [0.717, 1.165) is 6.07 Å². The van der Waals surface area contributed by atoms with Crippen molar-refractivity contribution in [1.29, 1.82) is 0 Å². The van der Waals surface area contributed by atoms with Crippen molar-refractivity contribution in [2.75, 3.05) is 30.9 Å². The van der Waals surface area contributed by atoms with Gasteiger partial charge in [-0.1, -0.05) is 18.2 Å². The molecule has 9 heteroatoms. The molecule has 0 atom stereocenters. The highest BCUT2D eigenvalue weighted by Crippen LogP contribution is 2.27. The largest absolute Gasteiger partial charge is 0.491 e. The summed E-state index contributed by atoms with van der Waals surface area (Å²) in [5.74, 6) is 0.573. The SMILES string of the molecule is COc1cnc(-c2ccc(NC(=O)Oc3ccccc3)cc2F)nc1NCCO. The van der Waals surface area contributed by atoms with E-state index in [1.165, 1.54) is 25.4 Å². The van der Waals surface area contributed by atoms with Crippen molar-refractivity contribution in [3.63, 3.8) is 0 Å². The van der Waals surface area contributed by atoms with Crippen LogP contribution in [0.5, 0.6) is 11.5 Å².